The highest BCUT2D eigenvalue weighted by Gasteiger charge is 2.22. The molecule has 26 heteroatoms. The van der Waals surface area contributed by atoms with E-state index >= 15 is 0 Å². The van der Waals surface area contributed by atoms with E-state index in [1.54, 1.807) is 64.2 Å². The number of H-pyrrole nitrogens is 3. The zero-order valence-corrected chi connectivity index (χ0v) is 74.3. The normalized spacial score (nSPS) is 11.2. The highest BCUT2D eigenvalue weighted by Crippen LogP contribution is 2.36. The second kappa shape index (κ2) is 56.3. The number of nitrogens with zero attached hydrogens (tertiary/aromatic N) is 6. The lowest BCUT2D eigenvalue weighted by Crippen LogP contribution is -2.36. The molecule has 0 aliphatic rings. The Morgan fingerprint density at radius 2 is 0.737 bits per heavy atom. The maximum Gasteiger partial charge on any atom is 0.321 e. The SMILES string of the molecule is CCCCCCCN(CCCCCSc1nc(-c2ccc(OC)cc2)c(-c2ccc(OC)cc2)[nH]1)C(=O)Nc1ccc(F)cc1F.CCCCCCCN(CCCCCSc1nc(C(C)C)c(C(C)C)[nH]1)C(=O)Nc1ccc(F)cc1F.CCCCCCCN(CCCCCSc1nc(CCC)c(CCC)[nH]1)C(=O)Nc1ccc(F)cc1F. The Balaban J connectivity index is 0.000000278. The molecule has 0 radical (unpaired) electrons. The number of ether oxygens (including phenoxy) is 2. The van der Waals surface area contributed by atoms with Crippen LogP contribution in [-0.4, -0.2) is 133 Å². The number of aromatic amines is 3. The highest BCUT2D eigenvalue weighted by molar-refractivity contribution is 7.99. The number of anilines is 3. The number of benzene rings is 5. The van der Waals surface area contributed by atoms with Gasteiger partial charge in [0.15, 0.2) is 15.5 Å². The third kappa shape index (κ3) is 36.0. The summed E-state index contributed by atoms with van der Waals surface area (Å²) in [4.78, 5) is 69.1. The van der Waals surface area contributed by atoms with Crippen molar-refractivity contribution in [2.24, 2.45) is 0 Å². The predicted octanol–water partition coefficient (Wildman–Crippen LogP) is 26.9. The molecule has 0 saturated carbocycles. The molecular weight excluding hydrogens is 1560 g/mol. The van der Waals surface area contributed by atoms with Crippen molar-refractivity contribution in [1.29, 1.82) is 0 Å². The maximum atomic E-state index is 14.2. The van der Waals surface area contributed by atoms with Gasteiger partial charge in [0.25, 0.3) is 0 Å². The van der Waals surface area contributed by atoms with Gasteiger partial charge in [0.2, 0.25) is 0 Å². The van der Waals surface area contributed by atoms with E-state index in [4.69, 9.17) is 24.4 Å². The first-order valence-corrected chi connectivity index (χ1v) is 46.1. The molecule has 3 heterocycles. The van der Waals surface area contributed by atoms with Crippen molar-refractivity contribution < 1.29 is 50.2 Å². The topological polar surface area (TPSA) is 202 Å². The Morgan fingerprint density at radius 1 is 0.390 bits per heavy atom. The third-order valence-corrected chi connectivity index (χ3v) is 22.9. The molecule has 8 aromatic rings. The van der Waals surface area contributed by atoms with Crippen LogP contribution in [0.1, 0.15) is 264 Å². The number of unbranched alkanes of at least 4 members (excludes halogenated alkanes) is 18. The van der Waals surface area contributed by atoms with E-state index in [1.807, 2.05) is 48.5 Å². The number of carbonyl (C=O) groups excluding carboxylic acids is 3. The monoisotopic (exact) mass is 1690 g/mol. The molecule has 0 saturated heterocycles. The minimum atomic E-state index is -0.781. The number of methoxy groups -OCH3 is 2. The highest BCUT2D eigenvalue weighted by atomic mass is 32.2. The van der Waals surface area contributed by atoms with Gasteiger partial charge in [-0.15, -0.1) is 0 Å². The van der Waals surface area contributed by atoms with Gasteiger partial charge in [-0.1, -0.05) is 207 Å². The summed E-state index contributed by atoms with van der Waals surface area (Å²) >= 11 is 5.19. The zero-order chi connectivity index (χ0) is 85.4. The van der Waals surface area contributed by atoms with Crippen LogP contribution in [0.15, 0.2) is 119 Å². The molecule has 5 aromatic carbocycles. The minimum absolute atomic E-state index is 0.00812. The molecule has 650 valence electrons. The van der Waals surface area contributed by atoms with Gasteiger partial charge in [0.1, 0.15) is 46.4 Å². The predicted molar refractivity (Wildman–Crippen MR) is 477 cm³/mol. The first-order valence-electron chi connectivity index (χ1n) is 43.1. The quantitative estimate of drug-likeness (QED) is 0.0120. The second-order valence-electron chi connectivity index (χ2n) is 30.4. The average Bonchev–Trinajstić information content (AvgIpc) is 1.65. The number of aromatic nitrogens is 6. The summed E-state index contributed by atoms with van der Waals surface area (Å²) < 4.78 is 92.7. The van der Waals surface area contributed by atoms with Crippen molar-refractivity contribution in [3.8, 4) is 34.0 Å². The molecule has 0 spiro atoms. The Bertz CT molecular complexity index is 4050. The molecule has 0 atom stereocenters. The number of thioether (sulfide) groups is 3. The van der Waals surface area contributed by atoms with E-state index in [-0.39, 0.29) is 35.2 Å². The fourth-order valence-corrected chi connectivity index (χ4v) is 16.0. The molecule has 0 fully saturated rings. The molecule has 0 aliphatic heterocycles. The van der Waals surface area contributed by atoms with Crippen molar-refractivity contribution in [3.63, 3.8) is 0 Å². The number of hydrogen-bond donors (Lipinski definition) is 6. The number of rotatable bonds is 52. The number of amides is 6. The fraction of sp³-hybridized carbons (Fsp3) is 0.543. The number of urea groups is 3. The number of carbonyl (C=O) groups is 3. The number of halogens is 6. The van der Waals surface area contributed by atoms with Crippen LogP contribution < -0.4 is 25.4 Å². The van der Waals surface area contributed by atoms with Gasteiger partial charge in [0, 0.05) is 97.2 Å². The van der Waals surface area contributed by atoms with Crippen molar-refractivity contribution in [2.75, 3.05) is 86.7 Å². The van der Waals surface area contributed by atoms with Crippen LogP contribution in [0.3, 0.4) is 0 Å². The van der Waals surface area contributed by atoms with E-state index in [0.29, 0.717) is 51.1 Å². The van der Waals surface area contributed by atoms with Crippen molar-refractivity contribution in [3.05, 3.63) is 161 Å². The Labute approximate surface area is 711 Å². The fourth-order valence-electron chi connectivity index (χ4n) is 13.3. The molecule has 6 amide bonds. The number of nitrogens with one attached hydrogen (secondary N) is 6. The Morgan fingerprint density at radius 3 is 1.07 bits per heavy atom. The van der Waals surface area contributed by atoms with E-state index in [0.717, 1.165) is 257 Å². The van der Waals surface area contributed by atoms with Gasteiger partial charge in [-0.25, -0.2) is 55.7 Å². The molecule has 0 aliphatic carbocycles. The zero-order valence-electron chi connectivity index (χ0n) is 71.8. The number of imidazole rings is 3. The third-order valence-electron chi connectivity index (χ3n) is 20.0. The molecule has 3 aromatic heterocycles. The molecule has 118 heavy (non-hydrogen) atoms. The lowest BCUT2D eigenvalue weighted by atomic mass is 10.0. The van der Waals surface area contributed by atoms with Crippen LogP contribution >= 0.6 is 35.3 Å². The average molecular weight is 1700 g/mol. The second-order valence-corrected chi connectivity index (χ2v) is 33.7. The van der Waals surface area contributed by atoms with Crippen molar-refractivity contribution in [1.82, 2.24) is 44.6 Å². The summed E-state index contributed by atoms with van der Waals surface area (Å²) in [6.07, 6.45) is 29.2. The van der Waals surface area contributed by atoms with Crippen LogP contribution in [0.4, 0.5) is 57.8 Å². The molecule has 0 bridgehead atoms. The van der Waals surface area contributed by atoms with Gasteiger partial charge in [0.05, 0.1) is 54.1 Å². The van der Waals surface area contributed by atoms with Gasteiger partial charge in [-0.05, 0) is 167 Å². The van der Waals surface area contributed by atoms with Gasteiger partial charge < -0.3 is 55.1 Å². The smallest absolute Gasteiger partial charge is 0.321 e. The van der Waals surface area contributed by atoms with Crippen molar-refractivity contribution >= 4 is 70.4 Å². The number of aryl methyl sites for hydroxylation is 2. The molecule has 8 rings (SSSR count). The van der Waals surface area contributed by atoms with Gasteiger partial charge >= 0.3 is 18.1 Å². The van der Waals surface area contributed by atoms with Crippen LogP contribution in [-0.2, 0) is 12.8 Å². The van der Waals surface area contributed by atoms with Crippen LogP contribution in [0.2, 0.25) is 0 Å². The standard InChI is InChI=1S/C36H44F2N4O3S.2C28H44F2N4OS/c1-4-5-6-7-9-22-42(36(43)39-32-21-16-28(37)25-31(32)38)23-10-8-11-24-46-35-40-33(26-12-17-29(44-2)18-13-26)34(41-35)27-14-19-30(45-3)20-15-27;1-6-7-8-9-11-16-34(28(35)31-24-15-14-22(29)19-23(24)30)17-12-10-13-18-36-27-32-25(20(2)3)26(33-27)21(4)5;1-4-7-8-9-11-18-34(28(35)33-24-17-16-22(29)21-23(24)30)19-12-10-13-20-36-27-31-25(14-5-2)26(32-27)15-6-3/h12-21,25H,4-11,22-24H2,1-3H3,(H,39,43)(H,40,41);14-15,19-21H,6-13,16-18H2,1-5H3,(H,31,35)(H,32,33);16-17,21H,4-15,18-20H2,1-3H3,(H,31,32)(H,33,35). The summed E-state index contributed by atoms with van der Waals surface area (Å²) in [6.45, 7) is 23.3. The first-order chi connectivity index (χ1) is 57.1. The summed E-state index contributed by atoms with van der Waals surface area (Å²) in [5.74, 6) is 0.911. The largest absolute Gasteiger partial charge is 0.497 e. The van der Waals surface area contributed by atoms with Crippen LogP contribution in [0.5, 0.6) is 11.5 Å². The minimum Gasteiger partial charge on any atom is -0.497 e. The summed E-state index contributed by atoms with van der Waals surface area (Å²) in [5.41, 5.74) is 8.69. The number of hydrogen-bond acceptors (Lipinski definition) is 11. The van der Waals surface area contributed by atoms with Gasteiger partial charge in [-0.3, -0.25) is 0 Å². The van der Waals surface area contributed by atoms with E-state index in [1.165, 1.54) is 67.4 Å². The van der Waals surface area contributed by atoms with Crippen molar-refractivity contribution in [2.45, 2.75) is 269 Å². The summed E-state index contributed by atoms with van der Waals surface area (Å²) in [5, 5.41) is 10.7. The molecule has 0 unspecified atom stereocenters. The summed E-state index contributed by atoms with van der Waals surface area (Å²) in [6, 6.07) is 24.4. The lowest BCUT2D eigenvalue weighted by Gasteiger charge is -2.23. The molecule has 17 nitrogen and oxygen atoms in total. The lowest BCUT2D eigenvalue weighted by molar-refractivity contribution is 0.208. The van der Waals surface area contributed by atoms with Gasteiger partial charge in [-0.2, -0.15) is 0 Å². The van der Waals surface area contributed by atoms with E-state index in [2.05, 4.69) is 93.2 Å². The summed E-state index contributed by atoms with van der Waals surface area (Å²) in [7, 11) is 3.30. The first kappa shape index (κ1) is 98.6. The Hall–Kier alpha value is -8.23. The molecule has 6 N–H and O–H groups in total. The van der Waals surface area contributed by atoms with Crippen LogP contribution in [0.25, 0.3) is 22.5 Å². The van der Waals surface area contributed by atoms with Crippen LogP contribution in [0, 0.1) is 34.9 Å². The molecular formula is C92H132F6N12O5S3. The Kier molecular flexibility index (Phi) is 47.1. The maximum absolute atomic E-state index is 14.2. The van der Waals surface area contributed by atoms with E-state index in [9.17, 15) is 40.7 Å². The van der Waals surface area contributed by atoms with E-state index < -0.39 is 34.9 Å².